The van der Waals surface area contributed by atoms with Gasteiger partial charge in [-0.05, 0) is 31.7 Å². The van der Waals surface area contributed by atoms with E-state index in [9.17, 15) is 0 Å². The minimum absolute atomic E-state index is 0.287. The minimum atomic E-state index is 0.287. The maximum atomic E-state index is 5.54. The van der Waals surface area contributed by atoms with Crippen LogP contribution in [0.25, 0.3) is 0 Å². The first kappa shape index (κ1) is 10.8. The Kier molecular flexibility index (Phi) is 3.17. The maximum Gasteiger partial charge on any atom is 0.162 e. The summed E-state index contributed by atoms with van der Waals surface area (Å²) in [4.78, 5) is 0. The summed E-state index contributed by atoms with van der Waals surface area (Å²) in [5, 5.41) is 3.20. The molecule has 1 aliphatic rings. The van der Waals surface area contributed by atoms with Crippen LogP contribution in [-0.4, -0.2) is 20.3 Å². The number of ether oxygens (including phenoxy) is 2. The third-order valence-corrected chi connectivity index (χ3v) is 3.25. The molecule has 0 bridgehead atoms. The van der Waals surface area contributed by atoms with Gasteiger partial charge in [0.05, 0.1) is 0 Å². The third kappa shape index (κ3) is 2.11. The van der Waals surface area contributed by atoms with Gasteiger partial charge in [0.25, 0.3) is 0 Å². The fraction of sp³-hybridized carbons (Fsp3) is 0.455. The molecule has 2 rings (SSSR count). The second kappa shape index (κ2) is 4.41. The average molecular weight is 272 g/mol. The Morgan fingerprint density at radius 2 is 1.87 bits per heavy atom. The van der Waals surface area contributed by atoms with Crippen LogP contribution >= 0.6 is 15.9 Å². The zero-order chi connectivity index (χ0) is 10.8. The number of halogens is 1. The topological polar surface area (TPSA) is 30.5 Å². The molecule has 82 valence electrons. The van der Waals surface area contributed by atoms with E-state index in [1.807, 2.05) is 19.2 Å². The van der Waals surface area contributed by atoms with Crippen molar-refractivity contribution in [1.82, 2.24) is 5.32 Å². The summed E-state index contributed by atoms with van der Waals surface area (Å²) in [6, 6.07) is 4.28. The summed E-state index contributed by atoms with van der Waals surface area (Å²) in [5.74, 6) is 1.65. The smallest absolute Gasteiger partial charge is 0.162 e. The first-order valence-corrected chi connectivity index (χ1v) is 5.78. The van der Waals surface area contributed by atoms with Gasteiger partial charge in [0.2, 0.25) is 0 Å². The van der Waals surface area contributed by atoms with Crippen LogP contribution in [0.1, 0.15) is 18.5 Å². The maximum absolute atomic E-state index is 5.54. The van der Waals surface area contributed by atoms with Gasteiger partial charge in [0.1, 0.15) is 13.2 Å². The molecule has 1 atom stereocenters. The van der Waals surface area contributed by atoms with E-state index in [-0.39, 0.29) is 6.04 Å². The second-order valence-corrected chi connectivity index (χ2v) is 4.38. The third-order valence-electron chi connectivity index (χ3n) is 2.56. The average Bonchev–Trinajstić information content (AvgIpc) is 2.27. The first-order valence-electron chi connectivity index (χ1n) is 4.98. The molecule has 0 fully saturated rings. The lowest BCUT2D eigenvalue weighted by Gasteiger charge is -2.21. The zero-order valence-corrected chi connectivity index (χ0v) is 10.4. The first-order chi connectivity index (χ1) is 7.22. The van der Waals surface area contributed by atoms with E-state index in [4.69, 9.17) is 9.47 Å². The van der Waals surface area contributed by atoms with Gasteiger partial charge in [-0.3, -0.25) is 0 Å². The van der Waals surface area contributed by atoms with E-state index in [0.717, 1.165) is 16.0 Å². The predicted octanol–water partition coefficient (Wildman–Crippen LogP) is 2.50. The Labute approximate surface area is 97.9 Å². The van der Waals surface area contributed by atoms with Crippen molar-refractivity contribution < 1.29 is 9.47 Å². The highest BCUT2D eigenvalue weighted by Crippen LogP contribution is 2.37. The number of nitrogens with one attached hydrogen (secondary N) is 1. The zero-order valence-electron chi connectivity index (χ0n) is 8.84. The molecule has 3 nitrogen and oxygen atoms in total. The van der Waals surface area contributed by atoms with E-state index in [1.165, 1.54) is 5.56 Å². The van der Waals surface area contributed by atoms with Crippen LogP contribution in [0.5, 0.6) is 11.5 Å². The number of fused-ring (bicyclic) bond motifs is 1. The molecule has 1 heterocycles. The largest absolute Gasteiger partial charge is 0.486 e. The summed E-state index contributed by atoms with van der Waals surface area (Å²) in [6.45, 7) is 3.36. The molecule has 1 aliphatic heterocycles. The fourth-order valence-electron chi connectivity index (χ4n) is 1.57. The van der Waals surface area contributed by atoms with Crippen molar-refractivity contribution in [2.75, 3.05) is 20.3 Å². The lowest BCUT2D eigenvalue weighted by atomic mass is 10.1. The van der Waals surface area contributed by atoms with Crippen LogP contribution in [0.2, 0.25) is 0 Å². The van der Waals surface area contributed by atoms with Gasteiger partial charge in [0.15, 0.2) is 11.5 Å². The van der Waals surface area contributed by atoms with Crippen molar-refractivity contribution in [3.63, 3.8) is 0 Å². The SMILES string of the molecule is CNC(C)c1cc2c(cc1Br)OCCO2. The van der Waals surface area contributed by atoms with Crippen molar-refractivity contribution >= 4 is 15.9 Å². The van der Waals surface area contributed by atoms with Crippen molar-refractivity contribution in [3.8, 4) is 11.5 Å². The Morgan fingerprint density at radius 3 is 2.47 bits per heavy atom. The van der Waals surface area contributed by atoms with Gasteiger partial charge in [-0.15, -0.1) is 0 Å². The molecule has 1 unspecified atom stereocenters. The van der Waals surface area contributed by atoms with Crippen LogP contribution in [0.4, 0.5) is 0 Å². The molecule has 0 saturated heterocycles. The van der Waals surface area contributed by atoms with E-state index >= 15 is 0 Å². The molecule has 0 spiro atoms. The number of hydrogen-bond acceptors (Lipinski definition) is 3. The quantitative estimate of drug-likeness (QED) is 0.897. The molecule has 1 aromatic carbocycles. The van der Waals surface area contributed by atoms with Crippen LogP contribution in [0.15, 0.2) is 16.6 Å². The Hall–Kier alpha value is -0.740. The van der Waals surface area contributed by atoms with E-state index in [0.29, 0.717) is 13.2 Å². The Morgan fingerprint density at radius 1 is 1.27 bits per heavy atom. The van der Waals surface area contributed by atoms with Gasteiger partial charge >= 0.3 is 0 Å². The fourth-order valence-corrected chi connectivity index (χ4v) is 2.23. The van der Waals surface area contributed by atoms with Gasteiger partial charge in [-0.2, -0.15) is 0 Å². The molecule has 15 heavy (non-hydrogen) atoms. The van der Waals surface area contributed by atoms with Crippen molar-refractivity contribution in [2.45, 2.75) is 13.0 Å². The lowest BCUT2D eigenvalue weighted by Crippen LogP contribution is -2.17. The number of hydrogen-bond donors (Lipinski definition) is 1. The molecule has 0 saturated carbocycles. The molecule has 0 amide bonds. The summed E-state index contributed by atoms with van der Waals surface area (Å²) in [6.07, 6.45) is 0. The summed E-state index contributed by atoms with van der Waals surface area (Å²) >= 11 is 3.54. The summed E-state index contributed by atoms with van der Waals surface area (Å²) in [7, 11) is 1.94. The monoisotopic (exact) mass is 271 g/mol. The number of benzene rings is 1. The lowest BCUT2D eigenvalue weighted by molar-refractivity contribution is 0.171. The molecular weight excluding hydrogens is 258 g/mol. The molecule has 1 aromatic rings. The molecule has 0 radical (unpaired) electrons. The van der Waals surface area contributed by atoms with Crippen LogP contribution in [-0.2, 0) is 0 Å². The van der Waals surface area contributed by atoms with Gasteiger partial charge in [-0.1, -0.05) is 15.9 Å². The normalized spacial score (nSPS) is 16.2. The Balaban J connectivity index is 2.40. The van der Waals surface area contributed by atoms with E-state index in [1.54, 1.807) is 0 Å². The van der Waals surface area contributed by atoms with E-state index < -0.39 is 0 Å². The van der Waals surface area contributed by atoms with Gasteiger partial charge in [0, 0.05) is 10.5 Å². The van der Waals surface area contributed by atoms with Crippen molar-refractivity contribution in [1.29, 1.82) is 0 Å². The van der Waals surface area contributed by atoms with Crippen molar-refractivity contribution in [2.24, 2.45) is 0 Å². The molecular formula is C11H14BrNO2. The molecule has 0 aromatic heterocycles. The van der Waals surface area contributed by atoms with Crippen LogP contribution in [0, 0.1) is 0 Å². The minimum Gasteiger partial charge on any atom is -0.486 e. The van der Waals surface area contributed by atoms with Crippen molar-refractivity contribution in [3.05, 3.63) is 22.2 Å². The highest BCUT2D eigenvalue weighted by molar-refractivity contribution is 9.10. The number of rotatable bonds is 2. The highest BCUT2D eigenvalue weighted by Gasteiger charge is 2.16. The molecule has 1 N–H and O–H groups in total. The highest BCUT2D eigenvalue weighted by atomic mass is 79.9. The van der Waals surface area contributed by atoms with Gasteiger partial charge in [-0.25, -0.2) is 0 Å². The standard InChI is InChI=1S/C11H14BrNO2/c1-7(13-2)8-5-10-11(6-9(8)12)15-4-3-14-10/h5-7,13H,3-4H2,1-2H3. The summed E-state index contributed by atoms with van der Waals surface area (Å²) in [5.41, 5.74) is 1.18. The Bertz CT molecular complexity index is 368. The van der Waals surface area contributed by atoms with Crippen LogP contribution in [0.3, 0.4) is 0 Å². The summed E-state index contributed by atoms with van der Waals surface area (Å²) < 4.78 is 12.1. The van der Waals surface area contributed by atoms with Crippen LogP contribution < -0.4 is 14.8 Å². The van der Waals surface area contributed by atoms with Gasteiger partial charge < -0.3 is 14.8 Å². The van der Waals surface area contributed by atoms with E-state index in [2.05, 4.69) is 28.2 Å². The molecule has 0 aliphatic carbocycles. The second-order valence-electron chi connectivity index (χ2n) is 3.53. The molecule has 4 heteroatoms. The predicted molar refractivity (Wildman–Crippen MR) is 62.6 cm³/mol.